The predicted octanol–water partition coefficient (Wildman–Crippen LogP) is 2.29. The van der Waals surface area contributed by atoms with Gasteiger partial charge in [0, 0.05) is 5.69 Å². The van der Waals surface area contributed by atoms with Gasteiger partial charge in [0.25, 0.3) is 0 Å². The highest BCUT2D eigenvalue weighted by molar-refractivity contribution is 5.58. The summed E-state index contributed by atoms with van der Waals surface area (Å²) >= 11 is 0. The molecule has 17 heavy (non-hydrogen) atoms. The molecular weight excluding hydrogens is 212 g/mol. The Balaban J connectivity index is 1.83. The van der Waals surface area contributed by atoms with Crippen LogP contribution in [0, 0.1) is 0 Å². The number of nitrogen functional groups attached to an aromatic ring is 1. The number of aryl methyl sites for hydroxylation is 2. The van der Waals surface area contributed by atoms with Gasteiger partial charge in [0.15, 0.2) is 0 Å². The van der Waals surface area contributed by atoms with Crippen LogP contribution in [-0.2, 0) is 12.8 Å². The van der Waals surface area contributed by atoms with Crippen LogP contribution in [0.3, 0.4) is 0 Å². The molecule has 1 aliphatic carbocycles. The Labute approximate surface area is 99.9 Å². The number of fused-ring (bicyclic) bond motifs is 1. The van der Waals surface area contributed by atoms with Crippen molar-refractivity contribution >= 4 is 17.3 Å². The normalized spacial score (nSPS) is 13.4. The van der Waals surface area contributed by atoms with E-state index in [2.05, 4.69) is 33.5 Å². The fourth-order valence-electron chi connectivity index (χ4n) is 2.20. The molecule has 0 atom stereocenters. The van der Waals surface area contributed by atoms with Crippen LogP contribution in [0.5, 0.6) is 0 Å². The molecule has 1 aliphatic rings. The molecule has 86 valence electrons. The van der Waals surface area contributed by atoms with Crippen molar-refractivity contribution in [2.45, 2.75) is 19.3 Å². The largest absolute Gasteiger partial charge is 0.382 e. The fourth-order valence-corrected chi connectivity index (χ4v) is 2.20. The molecule has 4 heteroatoms. The Morgan fingerprint density at radius 2 is 1.94 bits per heavy atom. The summed E-state index contributed by atoms with van der Waals surface area (Å²) in [6, 6.07) is 6.47. The van der Waals surface area contributed by atoms with Gasteiger partial charge >= 0.3 is 0 Å². The van der Waals surface area contributed by atoms with Crippen molar-refractivity contribution in [2.75, 3.05) is 11.1 Å². The molecule has 3 rings (SSSR count). The quantitative estimate of drug-likeness (QED) is 0.824. The molecule has 0 unspecified atom stereocenters. The maximum atomic E-state index is 5.49. The molecule has 1 aromatic carbocycles. The maximum absolute atomic E-state index is 5.49. The molecule has 0 saturated heterocycles. The number of anilines is 3. The average molecular weight is 226 g/mol. The van der Waals surface area contributed by atoms with Gasteiger partial charge in [0.2, 0.25) is 0 Å². The molecule has 0 spiro atoms. The molecule has 0 fully saturated rings. The highest BCUT2D eigenvalue weighted by Gasteiger charge is 2.10. The summed E-state index contributed by atoms with van der Waals surface area (Å²) < 4.78 is 0. The third kappa shape index (κ3) is 2.06. The zero-order valence-corrected chi connectivity index (χ0v) is 9.48. The second-order valence-electron chi connectivity index (χ2n) is 4.29. The van der Waals surface area contributed by atoms with Gasteiger partial charge in [-0.2, -0.15) is 0 Å². The first-order valence-electron chi connectivity index (χ1n) is 5.77. The Morgan fingerprint density at radius 3 is 2.76 bits per heavy atom. The van der Waals surface area contributed by atoms with Crippen LogP contribution in [0.2, 0.25) is 0 Å². The second-order valence-corrected chi connectivity index (χ2v) is 4.29. The van der Waals surface area contributed by atoms with Crippen LogP contribution in [0.15, 0.2) is 30.6 Å². The summed E-state index contributed by atoms with van der Waals surface area (Å²) in [6.45, 7) is 0. The van der Waals surface area contributed by atoms with Crippen molar-refractivity contribution in [3.05, 3.63) is 41.7 Å². The minimum absolute atomic E-state index is 0.435. The number of aromatic nitrogens is 2. The summed E-state index contributed by atoms with van der Waals surface area (Å²) in [5.74, 6) is 1.15. The fraction of sp³-hybridized carbons (Fsp3) is 0.231. The lowest BCUT2D eigenvalue weighted by molar-refractivity contribution is 0.912. The molecule has 2 aromatic rings. The molecule has 1 heterocycles. The SMILES string of the molecule is Nc1cnc(Nc2ccc3c(c2)CCC3)cn1. The van der Waals surface area contributed by atoms with E-state index >= 15 is 0 Å². The van der Waals surface area contributed by atoms with Crippen molar-refractivity contribution in [3.63, 3.8) is 0 Å². The van der Waals surface area contributed by atoms with Crippen LogP contribution in [0.4, 0.5) is 17.3 Å². The molecule has 0 bridgehead atoms. The summed E-state index contributed by atoms with van der Waals surface area (Å²) in [6.07, 6.45) is 6.84. The van der Waals surface area contributed by atoms with E-state index in [-0.39, 0.29) is 0 Å². The third-order valence-corrected chi connectivity index (χ3v) is 3.04. The number of nitrogens with two attached hydrogens (primary N) is 1. The Bertz CT molecular complexity index is 534. The van der Waals surface area contributed by atoms with E-state index in [1.54, 1.807) is 12.4 Å². The summed E-state index contributed by atoms with van der Waals surface area (Å²) in [7, 11) is 0. The standard InChI is InChI=1S/C13H14N4/c14-12-7-16-13(8-15-12)17-11-5-4-9-2-1-3-10(9)6-11/h4-8H,1-3H2,(H2,14,15)(H,16,17). The van der Waals surface area contributed by atoms with Crippen LogP contribution in [0.1, 0.15) is 17.5 Å². The number of rotatable bonds is 2. The highest BCUT2D eigenvalue weighted by atomic mass is 15.0. The van der Waals surface area contributed by atoms with Crippen molar-refractivity contribution in [1.29, 1.82) is 0 Å². The average Bonchev–Trinajstić information content (AvgIpc) is 2.79. The molecule has 0 aliphatic heterocycles. The van der Waals surface area contributed by atoms with Gasteiger partial charge in [-0.25, -0.2) is 9.97 Å². The Morgan fingerprint density at radius 1 is 1.06 bits per heavy atom. The van der Waals surface area contributed by atoms with Gasteiger partial charge < -0.3 is 11.1 Å². The van der Waals surface area contributed by atoms with E-state index in [9.17, 15) is 0 Å². The lowest BCUT2D eigenvalue weighted by Gasteiger charge is -2.07. The van der Waals surface area contributed by atoms with Gasteiger partial charge in [0.05, 0.1) is 12.4 Å². The zero-order valence-electron chi connectivity index (χ0n) is 9.48. The monoisotopic (exact) mass is 226 g/mol. The van der Waals surface area contributed by atoms with Gasteiger partial charge in [-0.3, -0.25) is 0 Å². The Hall–Kier alpha value is -2.10. The molecule has 0 saturated carbocycles. The number of benzene rings is 1. The van der Waals surface area contributed by atoms with Gasteiger partial charge in [-0.15, -0.1) is 0 Å². The summed E-state index contributed by atoms with van der Waals surface area (Å²) in [5.41, 5.74) is 9.47. The van der Waals surface area contributed by atoms with E-state index in [4.69, 9.17) is 5.73 Å². The second kappa shape index (κ2) is 4.05. The van der Waals surface area contributed by atoms with Crippen molar-refractivity contribution in [1.82, 2.24) is 9.97 Å². The van der Waals surface area contributed by atoms with Crippen molar-refractivity contribution in [3.8, 4) is 0 Å². The first-order chi connectivity index (χ1) is 8.31. The van der Waals surface area contributed by atoms with E-state index < -0.39 is 0 Å². The number of nitrogens with zero attached hydrogens (tertiary/aromatic N) is 2. The van der Waals surface area contributed by atoms with Gasteiger partial charge in [-0.1, -0.05) is 6.07 Å². The number of hydrogen-bond donors (Lipinski definition) is 2. The van der Waals surface area contributed by atoms with E-state index in [0.29, 0.717) is 5.82 Å². The molecule has 0 amide bonds. The zero-order chi connectivity index (χ0) is 11.7. The van der Waals surface area contributed by atoms with E-state index in [1.807, 2.05) is 0 Å². The summed E-state index contributed by atoms with van der Waals surface area (Å²) in [5, 5.41) is 3.23. The smallest absolute Gasteiger partial charge is 0.149 e. The van der Waals surface area contributed by atoms with E-state index in [0.717, 1.165) is 11.5 Å². The van der Waals surface area contributed by atoms with Gasteiger partial charge in [0.1, 0.15) is 11.6 Å². The Kier molecular flexibility index (Phi) is 2.40. The van der Waals surface area contributed by atoms with Crippen molar-refractivity contribution in [2.24, 2.45) is 0 Å². The molecular formula is C13H14N4. The van der Waals surface area contributed by atoms with E-state index in [1.165, 1.54) is 30.4 Å². The molecule has 4 nitrogen and oxygen atoms in total. The maximum Gasteiger partial charge on any atom is 0.149 e. The van der Waals surface area contributed by atoms with Crippen LogP contribution < -0.4 is 11.1 Å². The highest BCUT2D eigenvalue weighted by Crippen LogP contribution is 2.26. The number of nitrogens with one attached hydrogen (secondary N) is 1. The molecule has 0 radical (unpaired) electrons. The van der Waals surface area contributed by atoms with Crippen LogP contribution >= 0.6 is 0 Å². The lowest BCUT2D eigenvalue weighted by atomic mass is 10.1. The predicted molar refractivity (Wildman–Crippen MR) is 68.2 cm³/mol. The lowest BCUT2D eigenvalue weighted by Crippen LogP contribution is -1.97. The topological polar surface area (TPSA) is 63.8 Å². The molecule has 3 N–H and O–H groups in total. The molecule has 1 aromatic heterocycles. The third-order valence-electron chi connectivity index (χ3n) is 3.04. The van der Waals surface area contributed by atoms with Crippen LogP contribution in [0.25, 0.3) is 0 Å². The van der Waals surface area contributed by atoms with Crippen LogP contribution in [-0.4, -0.2) is 9.97 Å². The summed E-state index contributed by atoms with van der Waals surface area (Å²) in [4.78, 5) is 8.17. The minimum atomic E-state index is 0.435. The first kappa shape index (κ1) is 10.1. The first-order valence-corrected chi connectivity index (χ1v) is 5.77. The number of hydrogen-bond acceptors (Lipinski definition) is 4. The van der Waals surface area contributed by atoms with Crippen molar-refractivity contribution < 1.29 is 0 Å². The van der Waals surface area contributed by atoms with Gasteiger partial charge in [-0.05, 0) is 42.5 Å². The minimum Gasteiger partial charge on any atom is -0.382 e.